The van der Waals surface area contributed by atoms with E-state index in [1.165, 1.54) is 7.11 Å². The standard InChI is InChI=1S/C21H25NO4/c1-6-10-26-17-9-7-8-16(11-17)12-18-19(21(24)25-5)15(4)22(20(18)23)13-14(2)3/h6-9,11-12,14H,1,10,13H2,2-5H3/b18-12-. The molecule has 5 nitrogen and oxygen atoms in total. The van der Waals surface area contributed by atoms with Gasteiger partial charge in [0.25, 0.3) is 5.91 Å². The van der Waals surface area contributed by atoms with Crippen molar-refractivity contribution in [1.82, 2.24) is 4.90 Å². The summed E-state index contributed by atoms with van der Waals surface area (Å²) in [5.41, 5.74) is 2.06. The molecule has 2 rings (SSSR count). The first-order chi connectivity index (χ1) is 12.4. The van der Waals surface area contributed by atoms with Crippen molar-refractivity contribution in [2.24, 2.45) is 5.92 Å². The van der Waals surface area contributed by atoms with Gasteiger partial charge >= 0.3 is 5.97 Å². The van der Waals surface area contributed by atoms with Crippen molar-refractivity contribution in [3.63, 3.8) is 0 Å². The minimum Gasteiger partial charge on any atom is -0.490 e. The minimum atomic E-state index is -0.507. The summed E-state index contributed by atoms with van der Waals surface area (Å²) in [7, 11) is 1.32. The summed E-state index contributed by atoms with van der Waals surface area (Å²) >= 11 is 0. The Morgan fingerprint density at radius 1 is 1.35 bits per heavy atom. The number of amides is 1. The molecule has 1 aliphatic heterocycles. The van der Waals surface area contributed by atoms with E-state index in [1.807, 2.05) is 38.1 Å². The highest BCUT2D eigenvalue weighted by Gasteiger charge is 2.37. The van der Waals surface area contributed by atoms with Crippen molar-refractivity contribution in [1.29, 1.82) is 0 Å². The van der Waals surface area contributed by atoms with E-state index in [0.29, 0.717) is 35.7 Å². The number of hydrogen-bond donors (Lipinski definition) is 0. The lowest BCUT2D eigenvalue weighted by atomic mass is 10.0. The second-order valence-electron chi connectivity index (χ2n) is 6.49. The van der Waals surface area contributed by atoms with Gasteiger partial charge in [-0.25, -0.2) is 4.79 Å². The maximum Gasteiger partial charge on any atom is 0.340 e. The smallest absolute Gasteiger partial charge is 0.340 e. The summed E-state index contributed by atoms with van der Waals surface area (Å²) < 4.78 is 10.4. The summed E-state index contributed by atoms with van der Waals surface area (Å²) in [6.07, 6.45) is 3.37. The topological polar surface area (TPSA) is 55.8 Å². The van der Waals surface area contributed by atoms with Gasteiger partial charge in [0.1, 0.15) is 12.4 Å². The molecule has 0 atom stereocenters. The molecule has 0 aromatic heterocycles. The Labute approximate surface area is 154 Å². The first-order valence-electron chi connectivity index (χ1n) is 8.56. The van der Waals surface area contributed by atoms with Gasteiger partial charge < -0.3 is 14.4 Å². The molecule has 1 aliphatic rings. The molecule has 0 spiro atoms. The molecule has 26 heavy (non-hydrogen) atoms. The van der Waals surface area contributed by atoms with E-state index in [4.69, 9.17) is 9.47 Å². The largest absolute Gasteiger partial charge is 0.490 e. The van der Waals surface area contributed by atoms with Crippen LogP contribution in [0.15, 0.2) is 53.8 Å². The van der Waals surface area contributed by atoms with Crippen LogP contribution in [-0.4, -0.2) is 37.0 Å². The van der Waals surface area contributed by atoms with Gasteiger partial charge in [0, 0.05) is 12.2 Å². The van der Waals surface area contributed by atoms with E-state index in [1.54, 1.807) is 24.0 Å². The third-order valence-electron chi connectivity index (χ3n) is 3.99. The van der Waals surface area contributed by atoms with Crippen LogP contribution in [-0.2, 0) is 14.3 Å². The number of esters is 1. The van der Waals surface area contributed by atoms with Crippen LogP contribution in [0.1, 0.15) is 26.3 Å². The lowest BCUT2D eigenvalue weighted by molar-refractivity contribution is -0.136. The fraction of sp³-hybridized carbons (Fsp3) is 0.333. The fourth-order valence-corrected chi connectivity index (χ4v) is 2.83. The lowest BCUT2D eigenvalue weighted by Gasteiger charge is -2.19. The highest BCUT2D eigenvalue weighted by atomic mass is 16.5. The summed E-state index contributed by atoms with van der Waals surface area (Å²) in [4.78, 5) is 26.8. The van der Waals surface area contributed by atoms with Gasteiger partial charge in [0.15, 0.2) is 0 Å². The lowest BCUT2D eigenvalue weighted by Crippen LogP contribution is -2.28. The summed E-state index contributed by atoms with van der Waals surface area (Å²) in [5, 5.41) is 0. The molecular formula is C21H25NO4. The number of hydrogen-bond acceptors (Lipinski definition) is 4. The summed E-state index contributed by atoms with van der Waals surface area (Å²) in [6.45, 7) is 10.4. The Bertz CT molecular complexity index is 774. The molecule has 0 radical (unpaired) electrons. The number of allylic oxidation sites excluding steroid dienone is 1. The number of carbonyl (C=O) groups is 2. The zero-order valence-electron chi connectivity index (χ0n) is 15.7. The molecule has 138 valence electrons. The zero-order chi connectivity index (χ0) is 19.3. The first kappa shape index (κ1) is 19.5. The Kier molecular flexibility index (Phi) is 6.39. The summed E-state index contributed by atoms with van der Waals surface area (Å²) in [6, 6.07) is 7.34. The zero-order valence-corrected chi connectivity index (χ0v) is 15.7. The molecule has 1 aromatic rings. The molecule has 1 aromatic carbocycles. The van der Waals surface area contributed by atoms with E-state index >= 15 is 0 Å². The van der Waals surface area contributed by atoms with Crippen molar-refractivity contribution < 1.29 is 19.1 Å². The molecule has 0 N–H and O–H groups in total. The second kappa shape index (κ2) is 8.52. The van der Waals surface area contributed by atoms with Gasteiger partial charge in [0.05, 0.1) is 18.3 Å². The van der Waals surface area contributed by atoms with Crippen LogP contribution in [0.4, 0.5) is 0 Å². The molecule has 0 fully saturated rings. The molecule has 1 amide bonds. The molecular weight excluding hydrogens is 330 g/mol. The van der Waals surface area contributed by atoms with Crippen LogP contribution >= 0.6 is 0 Å². The number of carbonyl (C=O) groups excluding carboxylic acids is 2. The predicted molar refractivity (Wildman–Crippen MR) is 101 cm³/mol. The van der Waals surface area contributed by atoms with Gasteiger partial charge in [-0.15, -0.1) is 0 Å². The van der Waals surface area contributed by atoms with Crippen LogP contribution in [0.2, 0.25) is 0 Å². The number of methoxy groups -OCH3 is 1. The van der Waals surface area contributed by atoms with Crippen molar-refractivity contribution in [2.45, 2.75) is 20.8 Å². The maximum absolute atomic E-state index is 12.9. The van der Waals surface area contributed by atoms with Crippen molar-refractivity contribution in [2.75, 3.05) is 20.3 Å². The monoisotopic (exact) mass is 355 g/mol. The normalized spacial score (nSPS) is 15.8. The van der Waals surface area contributed by atoms with Crippen LogP contribution in [0.25, 0.3) is 6.08 Å². The van der Waals surface area contributed by atoms with Crippen LogP contribution in [0.5, 0.6) is 5.75 Å². The average molecular weight is 355 g/mol. The Balaban J connectivity index is 2.45. The minimum absolute atomic E-state index is 0.186. The SMILES string of the molecule is C=CCOc1cccc(/C=C2\C(=O)N(CC(C)C)C(C)=C2C(=O)OC)c1. The van der Waals surface area contributed by atoms with E-state index in [-0.39, 0.29) is 11.8 Å². The molecule has 0 saturated heterocycles. The molecule has 0 bridgehead atoms. The third-order valence-corrected chi connectivity index (χ3v) is 3.99. The van der Waals surface area contributed by atoms with Crippen LogP contribution in [0, 0.1) is 5.92 Å². The van der Waals surface area contributed by atoms with Gasteiger partial charge in [-0.2, -0.15) is 0 Å². The van der Waals surface area contributed by atoms with Crippen molar-refractivity contribution in [3.8, 4) is 5.75 Å². The van der Waals surface area contributed by atoms with Crippen molar-refractivity contribution in [3.05, 3.63) is 59.3 Å². The number of ether oxygens (including phenoxy) is 2. The summed E-state index contributed by atoms with van der Waals surface area (Å²) in [5.74, 6) is 0.258. The van der Waals surface area contributed by atoms with Gasteiger partial charge in [-0.05, 0) is 36.6 Å². The van der Waals surface area contributed by atoms with Gasteiger partial charge in [-0.1, -0.05) is 38.6 Å². The maximum atomic E-state index is 12.9. The van der Waals surface area contributed by atoms with E-state index in [2.05, 4.69) is 6.58 Å². The van der Waals surface area contributed by atoms with E-state index in [0.717, 1.165) is 5.56 Å². The second-order valence-corrected chi connectivity index (χ2v) is 6.49. The highest BCUT2D eigenvalue weighted by molar-refractivity contribution is 6.16. The highest BCUT2D eigenvalue weighted by Crippen LogP contribution is 2.32. The number of benzene rings is 1. The van der Waals surface area contributed by atoms with Gasteiger partial charge in [-0.3, -0.25) is 4.79 Å². The Morgan fingerprint density at radius 3 is 2.69 bits per heavy atom. The number of rotatable bonds is 7. The third kappa shape index (κ3) is 4.23. The Hall–Kier alpha value is -2.82. The van der Waals surface area contributed by atoms with Gasteiger partial charge in [0.2, 0.25) is 0 Å². The molecule has 0 saturated carbocycles. The quantitative estimate of drug-likeness (QED) is 0.426. The Morgan fingerprint density at radius 2 is 2.08 bits per heavy atom. The molecule has 1 heterocycles. The van der Waals surface area contributed by atoms with Crippen molar-refractivity contribution >= 4 is 18.0 Å². The van der Waals surface area contributed by atoms with Crippen LogP contribution < -0.4 is 4.74 Å². The van der Waals surface area contributed by atoms with Crippen LogP contribution in [0.3, 0.4) is 0 Å². The first-order valence-corrected chi connectivity index (χ1v) is 8.56. The molecule has 5 heteroatoms. The molecule has 0 unspecified atom stereocenters. The predicted octanol–water partition coefficient (Wildman–Crippen LogP) is 3.58. The van der Waals surface area contributed by atoms with E-state index in [9.17, 15) is 9.59 Å². The molecule has 0 aliphatic carbocycles. The van der Waals surface area contributed by atoms with E-state index < -0.39 is 5.97 Å². The fourth-order valence-electron chi connectivity index (χ4n) is 2.83. The number of nitrogens with zero attached hydrogens (tertiary/aromatic N) is 1. The average Bonchev–Trinajstić information content (AvgIpc) is 2.84.